The molecule has 4 aromatic rings. The molecule has 0 bridgehead atoms. The molecule has 0 spiro atoms. The van der Waals surface area contributed by atoms with Crippen LogP contribution in [-0.2, 0) is 0 Å². The number of imidazole rings is 1. The molecule has 0 atom stereocenters. The zero-order valence-corrected chi connectivity index (χ0v) is 15.9. The maximum atomic E-state index is 12.9. The third kappa shape index (κ3) is 3.14. The lowest BCUT2D eigenvalue weighted by Crippen LogP contribution is -2.40. The van der Waals surface area contributed by atoms with Gasteiger partial charge in [0, 0.05) is 25.3 Å². The fourth-order valence-corrected chi connectivity index (χ4v) is 4.10. The number of carbonyl (C=O) groups is 1. The van der Waals surface area contributed by atoms with Crippen molar-refractivity contribution >= 4 is 16.9 Å². The first-order valence-electron chi connectivity index (χ1n) is 9.79. The molecule has 3 heterocycles. The molecule has 1 amide bonds. The fraction of sp³-hybridized carbons (Fsp3) is 0.227. The van der Waals surface area contributed by atoms with Crippen LogP contribution in [0.2, 0.25) is 0 Å². The molecule has 0 saturated carbocycles. The van der Waals surface area contributed by atoms with E-state index in [2.05, 4.69) is 10.1 Å². The number of nitrogens with one attached hydrogen (secondary N) is 1. The Bertz CT molecular complexity index is 1210. The van der Waals surface area contributed by atoms with Gasteiger partial charge in [0.1, 0.15) is 0 Å². The number of carbonyl (C=O) groups excluding carboxylic acids is 1. The Labute approximate surface area is 167 Å². The number of rotatable bonds is 3. The van der Waals surface area contributed by atoms with Crippen molar-refractivity contribution in [1.29, 1.82) is 0 Å². The average Bonchev–Trinajstić information content (AvgIpc) is 3.38. The van der Waals surface area contributed by atoms with E-state index < -0.39 is 0 Å². The minimum Gasteiger partial charge on any atom is -0.338 e. The smallest absolute Gasteiger partial charge is 0.326 e. The highest BCUT2D eigenvalue weighted by Gasteiger charge is 2.27. The Morgan fingerprint density at radius 3 is 2.52 bits per heavy atom. The van der Waals surface area contributed by atoms with E-state index in [9.17, 15) is 9.59 Å². The van der Waals surface area contributed by atoms with E-state index in [4.69, 9.17) is 0 Å². The molecule has 0 aliphatic carbocycles. The Hall–Kier alpha value is -3.61. The molecule has 29 heavy (non-hydrogen) atoms. The molecule has 2 aromatic carbocycles. The van der Waals surface area contributed by atoms with Crippen molar-refractivity contribution in [2.45, 2.75) is 18.9 Å². The van der Waals surface area contributed by atoms with E-state index in [-0.39, 0.29) is 17.6 Å². The summed E-state index contributed by atoms with van der Waals surface area (Å²) in [6.07, 6.45) is 4.89. The first-order valence-corrected chi connectivity index (χ1v) is 9.79. The number of nitrogens with zero attached hydrogens (tertiary/aromatic N) is 4. The third-order valence-corrected chi connectivity index (χ3v) is 5.59. The van der Waals surface area contributed by atoms with Gasteiger partial charge < -0.3 is 9.88 Å². The fourth-order valence-electron chi connectivity index (χ4n) is 4.10. The molecule has 5 rings (SSSR count). The highest BCUT2D eigenvalue weighted by atomic mass is 16.2. The number of hydrogen-bond donors (Lipinski definition) is 1. The Morgan fingerprint density at radius 1 is 1.00 bits per heavy atom. The molecule has 1 aliphatic rings. The highest BCUT2D eigenvalue weighted by molar-refractivity contribution is 5.93. The Morgan fingerprint density at radius 2 is 1.72 bits per heavy atom. The van der Waals surface area contributed by atoms with Crippen LogP contribution in [0.15, 0.2) is 71.8 Å². The number of aromatic amines is 1. The molecular formula is C22H21N5O2. The molecule has 2 aromatic heterocycles. The summed E-state index contributed by atoms with van der Waals surface area (Å²) in [5, 5.41) is 4.32. The predicted octanol–water partition coefficient (Wildman–Crippen LogP) is 2.99. The lowest BCUT2D eigenvalue weighted by atomic mass is 10.0. The van der Waals surface area contributed by atoms with Crippen molar-refractivity contribution < 1.29 is 4.79 Å². The number of amides is 1. The number of fused-ring (bicyclic) bond motifs is 1. The summed E-state index contributed by atoms with van der Waals surface area (Å²) in [7, 11) is 0. The monoisotopic (exact) mass is 387 g/mol. The number of para-hydroxylation sites is 3. The largest absolute Gasteiger partial charge is 0.338 e. The number of H-pyrrole nitrogens is 1. The normalized spacial score (nSPS) is 15.1. The molecular weight excluding hydrogens is 366 g/mol. The Balaban J connectivity index is 1.31. The molecule has 0 unspecified atom stereocenters. The second kappa shape index (κ2) is 7.09. The summed E-state index contributed by atoms with van der Waals surface area (Å²) in [6, 6.07) is 17.5. The van der Waals surface area contributed by atoms with Crippen molar-refractivity contribution in [3.8, 4) is 5.69 Å². The van der Waals surface area contributed by atoms with Crippen LogP contribution in [0.1, 0.15) is 29.2 Å². The molecule has 7 heteroatoms. The Kier molecular flexibility index (Phi) is 4.27. The highest BCUT2D eigenvalue weighted by Crippen LogP contribution is 2.25. The van der Waals surface area contributed by atoms with Crippen molar-refractivity contribution in [3.63, 3.8) is 0 Å². The molecule has 7 nitrogen and oxygen atoms in total. The summed E-state index contributed by atoms with van der Waals surface area (Å²) in [5.74, 6) is -0.0168. The SMILES string of the molecule is O=C(c1cnn(-c2ccccc2)c1)N1CCC(n2c(=O)[nH]c3ccccc32)CC1. The van der Waals surface area contributed by atoms with Crippen LogP contribution in [-0.4, -0.2) is 43.2 Å². The van der Waals surface area contributed by atoms with Crippen LogP contribution in [0.25, 0.3) is 16.7 Å². The number of benzene rings is 2. The van der Waals surface area contributed by atoms with Crippen LogP contribution < -0.4 is 5.69 Å². The molecule has 0 radical (unpaired) electrons. The summed E-state index contributed by atoms with van der Waals surface area (Å²) < 4.78 is 3.55. The van der Waals surface area contributed by atoms with Gasteiger partial charge in [-0.2, -0.15) is 5.10 Å². The molecule has 1 saturated heterocycles. The van der Waals surface area contributed by atoms with E-state index >= 15 is 0 Å². The van der Waals surface area contributed by atoms with Gasteiger partial charge in [-0.05, 0) is 37.1 Å². The zero-order chi connectivity index (χ0) is 19.8. The maximum absolute atomic E-state index is 12.9. The van der Waals surface area contributed by atoms with E-state index in [0.717, 1.165) is 29.6 Å². The lowest BCUT2D eigenvalue weighted by molar-refractivity contribution is 0.0695. The molecule has 1 N–H and O–H groups in total. The zero-order valence-electron chi connectivity index (χ0n) is 15.9. The van der Waals surface area contributed by atoms with Crippen LogP contribution >= 0.6 is 0 Å². The van der Waals surface area contributed by atoms with Crippen molar-refractivity contribution in [1.82, 2.24) is 24.2 Å². The topological polar surface area (TPSA) is 75.9 Å². The number of piperidine rings is 1. The van der Waals surface area contributed by atoms with E-state index in [1.54, 1.807) is 17.1 Å². The second-order valence-corrected chi connectivity index (χ2v) is 7.35. The van der Waals surface area contributed by atoms with Gasteiger partial charge in [0.05, 0.1) is 28.5 Å². The van der Waals surface area contributed by atoms with Gasteiger partial charge in [-0.1, -0.05) is 30.3 Å². The standard InChI is InChI=1S/C22H21N5O2/c28-21(16-14-23-26(15-16)17-6-2-1-3-7-17)25-12-10-18(11-13-25)27-20-9-5-4-8-19(20)24-22(27)29/h1-9,14-15,18H,10-13H2,(H,24,29). The van der Waals surface area contributed by atoms with E-state index in [1.807, 2.05) is 64.1 Å². The summed E-state index contributed by atoms with van der Waals surface area (Å²) >= 11 is 0. The third-order valence-electron chi connectivity index (χ3n) is 5.59. The van der Waals surface area contributed by atoms with Gasteiger partial charge in [-0.3, -0.25) is 9.36 Å². The van der Waals surface area contributed by atoms with Crippen molar-refractivity contribution in [2.24, 2.45) is 0 Å². The first-order chi connectivity index (χ1) is 14.2. The number of aromatic nitrogens is 4. The quantitative estimate of drug-likeness (QED) is 0.587. The minimum atomic E-state index is -0.0832. The summed E-state index contributed by atoms with van der Waals surface area (Å²) in [6.45, 7) is 1.23. The summed E-state index contributed by atoms with van der Waals surface area (Å²) in [4.78, 5) is 30.1. The van der Waals surface area contributed by atoms with E-state index in [1.165, 1.54) is 0 Å². The van der Waals surface area contributed by atoms with Gasteiger partial charge in [-0.15, -0.1) is 0 Å². The van der Waals surface area contributed by atoms with E-state index in [0.29, 0.717) is 18.7 Å². The maximum Gasteiger partial charge on any atom is 0.326 e. The first kappa shape index (κ1) is 17.5. The van der Waals surface area contributed by atoms with Crippen LogP contribution in [0, 0.1) is 0 Å². The van der Waals surface area contributed by atoms with Gasteiger partial charge in [0.2, 0.25) is 0 Å². The van der Waals surface area contributed by atoms with Crippen molar-refractivity contribution in [2.75, 3.05) is 13.1 Å². The van der Waals surface area contributed by atoms with Gasteiger partial charge in [0.25, 0.3) is 5.91 Å². The average molecular weight is 387 g/mol. The van der Waals surface area contributed by atoms with Crippen LogP contribution in [0.3, 0.4) is 0 Å². The molecule has 1 aliphatic heterocycles. The van der Waals surface area contributed by atoms with Gasteiger partial charge in [-0.25, -0.2) is 9.48 Å². The van der Waals surface area contributed by atoms with Gasteiger partial charge >= 0.3 is 5.69 Å². The second-order valence-electron chi connectivity index (χ2n) is 7.35. The van der Waals surface area contributed by atoms with Crippen molar-refractivity contribution in [3.05, 3.63) is 83.0 Å². The number of hydrogen-bond acceptors (Lipinski definition) is 3. The minimum absolute atomic E-state index is 0.0168. The summed E-state index contributed by atoms with van der Waals surface area (Å²) in [5.41, 5.74) is 3.19. The molecule has 1 fully saturated rings. The van der Waals surface area contributed by atoms with Crippen LogP contribution in [0.4, 0.5) is 0 Å². The molecule has 146 valence electrons. The predicted molar refractivity (Wildman–Crippen MR) is 110 cm³/mol. The lowest BCUT2D eigenvalue weighted by Gasteiger charge is -2.32. The van der Waals surface area contributed by atoms with Gasteiger partial charge in [0.15, 0.2) is 0 Å². The number of likely N-dealkylation sites (tertiary alicyclic amines) is 1. The van der Waals surface area contributed by atoms with Crippen LogP contribution in [0.5, 0.6) is 0 Å².